The normalized spacial score (nSPS) is 13.8. The molecule has 0 aliphatic heterocycles. The third-order valence-electron chi connectivity index (χ3n) is 0.644. The molecule has 0 saturated heterocycles. The summed E-state index contributed by atoms with van der Waals surface area (Å²) in [4.78, 5) is 0. The van der Waals surface area contributed by atoms with Crippen LogP contribution in [0, 0.1) is 0 Å². The van der Waals surface area contributed by atoms with E-state index in [1.807, 2.05) is 0 Å². The Hall–Kier alpha value is 0.157. The molecule has 0 aliphatic rings. The van der Waals surface area contributed by atoms with Crippen LogP contribution in [-0.2, 0) is 10.1 Å². The number of hydrogen-bond acceptors (Lipinski definition) is 3. The molecule has 0 aromatic carbocycles. The molecule has 0 aromatic heterocycles. The molecule has 0 spiro atoms. The predicted octanol–water partition coefficient (Wildman–Crippen LogP) is -2.31. The molecular formula is C2F5LiO3S. The molecule has 0 aliphatic carbocycles. The van der Waals surface area contributed by atoms with Crippen LogP contribution < -0.4 is 18.9 Å². The zero-order valence-electron chi connectivity index (χ0n) is 5.52. The van der Waals surface area contributed by atoms with Gasteiger partial charge in [0.05, 0.1) is 0 Å². The molecule has 0 saturated carbocycles. The van der Waals surface area contributed by atoms with Crippen LogP contribution in [0.25, 0.3) is 0 Å². The van der Waals surface area contributed by atoms with Gasteiger partial charge in [-0.2, -0.15) is 22.0 Å². The van der Waals surface area contributed by atoms with E-state index in [2.05, 4.69) is 0 Å². The zero-order valence-corrected chi connectivity index (χ0v) is 6.34. The minimum Gasteiger partial charge on any atom is -0.743 e. The number of rotatable bonds is 1. The van der Waals surface area contributed by atoms with E-state index in [0.29, 0.717) is 0 Å². The van der Waals surface area contributed by atoms with Crippen molar-refractivity contribution in [3.8, 4) is 0 Å². The maximum Gasteiger partial charge on any atom is 1.00 e. The quantitative estimate of drug-likeness (QED) is 0.275. The Morgan fingerprint density at radius 1 is 1.00 bits per heavy atom. The molecule has 68 valence electrons. The van der Waals surface area contributed by atoms with E-state index in [0.717, 1.165) is 0 Å². The molecule has 0 unspecified atom stereocenters. The second-order valence-corrected chi connectivity index (χ2v) is 2.89. The Balaban J connectivity index is 0. The van der Waals surface area contributed by atoms with Gasteiger partial charge in [-0.3, -0.25) is 0 Å². The standard InChI is InChI=1S/C2HF5O3S.Li/c3-1(4,5)2(6,7)11(8,9)10;/h(H,8,9,10);/q;+1/p-1. The van der Waals surface area contributed by atoms with E-state index < -0.39 is 21.5 Å². The molecule has 10 heteroatoms. The van der Waals surface area contributed by atoms with Gasteiger partial charge >= 0.3 is 30.3 Å². The molecule has 0 aromatic rings. The van der Waals surface area contributed by atoms with E-state index in [1.165, 1.54) is 0 Å². The third kappa shape index (κ3) is 2.58. The van der Waals surface area contributed by atoms with Crippen LogP contribution in [0.1, 0.15) is 0 Å². The van der Waals surface area contributed by atoms with Crippen molar-refractivity contribution in [1.29, 1.82) is 0 Å². The summed E-state index contributed by atoms with van der Waals surface area (Å²) < 4.78 is 83.6. The van der Waals surface area contributed by atoms with Crippen LogP contribution in [-0.4, -0.2) is 24.4 Å². The van der Waals surface area contributed by atoms with Crippen LogP contribution in [0.5, 0.6) is 0 Å². The van der Waals surface area contributed by atoms with Crippen molar-refractivity contribution in [2.45, 2.75) is 11.4 Å². The molecule has 0 atom stereocenters. The number of alkyl halides is 5. The maximum absolute atomic E-state index is 11.4. The molecule has 0 radical (unpaired) electrons. The van der Waals surface area contributed by atoms with E-state index >= 15 is 0 Å². The SMILES string of the molecule is O=S(=O)([O-])C(F)(F)C(F)(F)F.[Li+]. The summed E-state index contributed by atoms with van der Waals surface area (Å²) in [5, 5.41) is -6.21. The predicted molar refractivity (Wildman–Crippen MR) is 20.7 cm³/mol. The van der Waals surface area contributed by atoms with E-state index in [4.69, 9.17) is 0 Å². The van der Waals surface area contributed by atoms with Crippen molar-refractivity contribution in [1.82, 2.24) is 0 Å². The summed E-state index contributed by atoms with van der Waals surface area (Å²) in [6.45, 7) is 0. The minimum atomic E-state index is -6.67. The molecule has 0 bridgehead atoms. The van der Waals surface area contributed by atoms with Gasteiger partial charge in [-0.15, -0.1) is 0 Å². The van der Waals surface area contributed by atoms with Gasteiger partial charge in [0.25, 0.3) is 0 Å². The van der Waals surface area contributed by atoms with E-state index in [-0.39, 0.29) is 18.9 Å². The molecule has 0 heterocycles. The average Bonchev–Trinajstić information content (AvgIpc) is 1.58. The smallest absolute Gasteiger partial charge is 0.743 e. The largest absolute Gasteiger partial charge is 1.00 e. The van der Waals surface area contributed by atoms with Crippen molar-refractivity contribution in [3.05, 3.63) is 0 Å². The van der Waals surface area contributed by atoms with Gasteiger partial charge in [-0.05, 0) is 0 Å². The second kappa shape index (κ2) is 3.49. The molecule has 0 amide bonds. The molecular weight excluding hydrogens is 206 g/mol. The first kappa shape index (κ1) is 14.7. The van der Waals surface area contributed by atoms with Gasteiger partial charge in [0.1, 0.15) is 0 Å². The fraction of sp³-hybridized carbons (Fsp3) is 1.00. The van der Waals surface area contributed by atoms with E-state index in [9.17, 15) is 34.9 Å². The summed E-state index contributed by atoms with van der Waals surface area (Å²) in [7, 11) is -6.67. The molecule has 0 N–H and O–H groups in total. The summed E-state index contributed by atoms with van der Waals surface area (Å²) in [6.07, 6.45) is -6.35. The van der Waals surface area contributed by atoms with Crippen LogP contribution in [0.3, 0.4) is 0 Å². The van der Waals surface area contributed by atoms with Crippen LogP contribution in [0.4, 0.5) is 22.0 Å². The molecule has 0 rings (SSSR count). The van der Waals surface area contributed by atoms with Crippen LogP contribution in [0.15, 0.2) is 0 Å². The topological polar surface area (TPSA) is 57.2 Å². The summed E-state index contributed by atoms with van der Waals surface area (Å²) in [6, 6.07) is 0. The Morgan fingerprint density at radius 2 is 1.25 bits per heavy atom. The molecule has 0 fully saturated rings. The Morgan fingerprint density at radius 3 is 1.25 bits per heavy atom. The zero-order chi connectivity index (χ0) is 9.50. The van der Waals surface area contributed by atoms with Gasteiger partial charge in [-0.25, -0.2) is 8.42 Å². The van der Waals surface area contributed by atoms with Crippen LogP contribution in [0.2, 0.25) is 0 Å². The van der Waals surface area contributed by atoms with Crippen molar-refractivity contribution in [2.75, 3.05) is 0 Å². The Labute approximate surface area is 75.9 Å². The van der Waals surface area contributed by atoms with E-state index in [1.54, 1.807) is 0 Å². The first-order chi connectivity index (χ1) is 4.50. The van der Waals surface area contributed by atoms with Crippen molar-refractivity contribution in [2.24, 2.45) is 0 Å². The van der Waals surface area contributed by atoms with Crippen LogP contribution >= 0.6 is 0 Å². The Kier molecular flexibility index (Phi) is 4.27. The molecule has 12 heavy (non-hydrogen) atoms. The second-order valence-electron chi connectivity index (χ2n) is 1.47. The van der Waals surface area contributed by atoms with Gasteiger partial charge in [0.15, 0.2) is 10.1 Å². The molecule has 3 nitrogen and oxygen atoms in total. The monoisotopic (exact) mass is 206 g/mol. The number of hydrogen-bond donors (Lipinski definition) is 0. The van der Waals surface area contributed by atoms with Gasteiger partial charge in [0.2, 0.25) is 0 Å². The van der Waals surface area contributed by atoms with Gasteiger partial charge in [0, 0.05) is 0 Å². The summed E-state index contributed by atoms with van der Waals surface area (Å²) in [5.74, 6) is 0. The van der Waals surface area contributed by atoms with Gasteiger partial charge < -0.3 is 4.55 Å². The van der Waals surface area contributed by atoms with Gasteiger partial charge in [-0.1, -0.05) is 0 Å². The third-order valence-corrected chi connectivity index (χ3v) is 1.50. The number of halogens is 5. The Bertz CT molecular complexity index is 242. The first-order valence-corrected chi connectivity index (χ1v) is 3.31. The summed E-state index contributed by atoms with van der Waals surface area (Å²) >= 11 is 0. The minimum absolute atomic E-state index is 0. The average molecular weight is 206 g/mol. The van der Waals surface area contributed by atoms with Crippen molar-refractivity contribution < 1.29 is 53.8 Å². The van der Waals surface area contributed by atoms with Crippen molar-refractivity contribution >= 4 is 10.1 Å². The fourth-order valence-corrected chi connectivity index (χ4v) is 0.425. The van der Waals surface area contributed by atoms with Crippen molar-refractivity contribution in [3.63, 3.8) is 0 Å². The summed E-state index contributed by atoms with van der Waals surface area (Å²) in [5.41, 5.74) is 0. The first-order valence-electron chi connectivity index (χ1n) is 1.90. The maximum atomic E-state index is 11.4. The fourth-order valence-electron chi connectivity index (χ4n) is 0.142.